The normalized spacial score (nSPS) is 12.0. The van der Waals surface area contributed by atoms with Gasteiger partial charge in [0.15, 0.2) is 0 Å². The number of fused-ring (bicyclic) bond motifs is 2. The molecule has 0 saturated heterocycles. The van der Waals surface area contributed by atoms with E-state index in [9.17, 15) is 13.2 Å². The van der Waals surface area contributed by atoms with E-state index in [-0.39, 0.29) is 5.52 Å². The predicted octanol–water partition coefficient (Wildman–Crippen LogP) is 4.87. The van der Waals surface area contributed by atoms with Crippen molar-refractivity contribution in [3.05, 3.63) is 60.4 Å². The molecule has 120 valence electrons. The number of benzene rings is 1. The summed E-state index contributed by atoms with van der Waals surface area (Å²) in [5.41, 5.74) is 1.88. The molecule has 0 radical (unpaired) electrons. The lowest BCUT2D eigenvalue weighted by atomic mass is 10.1. The number of aromatic amines is 1. The number of anilines is 2. The van der Waals surface area contributed by atoms with Crippen LogP contribution in [-0.4, -0.2) is 15.0 Å². The van der Waals surface area contributed by atoms with Gasteiger partial charge < -0.3 is 10.3 Å². The first-order valence-corrected chi connectivity index (χ1v) is 7.18. The van der Waals surface area contributed by atoms with Crippen molar-refractivity contribution in [3.8, 4) is 0 Å². The number of rotatable bonds is 2. The molecule has 0 aliphatic rings. The lowest BCUT2D eigenvalue weighted by Gasteiger charge is -2.09. The first-order valence-electron chi connectivity index (χ1n) is 7.18. The molecule has 4 nitrogen and oxygen atoms in total. The third kappa shape index (κ3) is 2.54. The third-order valence-corrected chi connectivity index (χ3v) is 3.72. The van der Waals surface area contributed by atoms with E-state index in [2.05, 4.69) is 20.3 Å². The molecule has 0 amide bonds. The largest absolute Gasteiger partial charge is 0.416 e. The fourth-order valence-electron chi connectivity index (χ4n) is 2.55. The van der Waals surface area contributed by atoms with Gasteiger partial charge in [0.25, 0.3) is 0 Å². The Morgan fingerprint density at radius 3 is 2.71 bits per heavy atom. The highest BCUT2D eigenvalue weighted by molar-refractivity contribution is 5.91. The highest BCUT2D eigenvalue weighted by atomic mass is 19.4. The second kappa shape index (κ2) is 5.23. The van der Waals surface area contributed by atoms with Gasteiger partial charge >= 0.3 is 6.18 Å². The number of pyridine rings is 2. The van der Waals surface area contributed by atoms with Gasteiger partial charge in [0.2, 0.25) is 0 Å². The zero-order valence-electron chi connectivity index (χ0n) is 12.2. The molecule has 0 saturated carbocycles. The quantitative estimate of drug-likeness (QED) is 0.552. The Balaban J connectivity index is 1.74. The standard InChI is InChI=1S/C17H11F3N4/c18-17(19,20)11-5-3-10-4-6-15(23-13(10)8-11)24-14-9-22-12-2-1-7-21-16(12)14/h1-9,22H,(H,23,24). The zero-order chi connectivity index (χ0) is 16.7. The molecule has 0 unspecified atom stereocenters. The van der Waals surface area contributed by atoms with Gasteiger partial charge in [-0.05, 0) is 36.4 Å². The average molecular weight is 328 g/mol. The molecule has 3 heterocycles. The Hall–Kier alpha value is -3.09. The monoisotopic (exact) mass is 328 g/mol. The minimum atomic E-state index is -4.39. The average Bonchev–Trinajstić information content (AvgIpc) is 2.97. The van der Waals surface area contributed by atoms with Crippen molar-refractivity contribution in [2.24, 2.45) is 0 Å². The third-order valence-electron chi connectivity index (χ3n) is 3.72. The summed E-state index contributed by atoms with van der Waals surface area (Å²) < 4.78 is 38.5. The van der Waals surface area contributed by atoms with E-state index in [1.165, 1.54) is 6.07 Å². The van der Waals surface area contributed by atoms with Crippen LogP contribution in [0.15, 0.2) is 54.9 Å². The molecule has 0 bridgehead atoms. The molecule has 24 heavy (non-hydrogen) atoms. The summed E-state index contributed by atoms with van der Waals surface area (Å²) in [5.74, 6) is 0.452. The summed E-state index contributed by atoms with van der Waals surface area (Å²) in [5, 5.41) is 3.74. The predicted molar refractivity (Wildman–Crippen MR) is 86.1 cm³/mol. The number of hydrogen-bond donors (Lipinski definition) is 2. The fourth-order valence-corrected chi connectivity index (χ4v) is 2.55. The van der Waals surface area contributed by atoms with Crippen LogP contribution >= 0.6 is 0 Å². The number of hydrogen-bond acceptors (Lipinski definition) is 3. The number of aromatic nitrogens is 3. The van der Waals surface area contributed by atoms with Crippen LogP contribution in [0.2, 0.25) is 0 Å². The Kier molecular flexibility index (Phi) is 3.16. The van der Waals surface area contributed by atoms with Crippen LogP contribution in [0, 0.1) is 0 Å². The van der Waals surface area contributed by atoms with E-state index in [1.54, 1.807) is 24.5 Å². The van der Waals surface area contributed by atoms with Crippen LogP contribution in [0.3, 0.4) is 0 Å². The van der Waals surface area contributed by atoms with Gasteiger partial charge in [-0.3, -0.25) is 4.98 Å². The molecular formula is C17H11F3N4. The highest BCUT2D eigenvalue weighted by Gasteiger charge is 2.30. The van der Waals surface area contributed by atoms with E-state index in [4.69, 9.17) is 0 Å². The second-order valence-corrected chi connectivity index (χ2v) is 5.33. The molecular weight excluding hydrogens is 317 g/mol. The molecule has 0 spiro atoms. The summed E-state index contributed by atoms with van der Waals surface area (Å²) in [6.45, 7) is 0. The first kappa shape index (κ1) is 14.5. The maximum Gasteiger partial charge on any atom is 0.416 e. The Labute approximate surface area is 134 Å². The summed E-state index contributed by atoms with van der Waals surface area (Å²) >= 11 is 0. The number of nitrogens with one attached hydrogen (secondary N) is 2. The summed E-state index contributed by atoms with van der Waals surface area (Å²) in [6.07, 6.45) is -0.972. The van der Waals surface area contributed by atoms with Crippen LogP contribution < -0.4 is 5.32 Å². The number of nitrogens with zero attached hydrogens (tertiary/aromatic N) is 2. The zero-order valence-corrected chi connectivity index (χ0v) is 12.2. The van der Waals surface area contributed by atoms with Crippen molar-refractivity contribution < 1.29 is 13.2 Å². The molecule has 4 aromatic rings. The van der Waals surface area contributed by atoms with Crippen molar-refractivity contribution in [2.45, 2.75) is 6.18 Å². The minimum absolute atomic E-state index is 0.280. The second-order valence-electron chi connectivity index (χ2n) is 5.33. The molecule has 2 N–H and O–H groups in total. The molecule has 3 aromatic heterocycles. The van der Waals surface area contributed by atoms with Gasteiger partial charge in [0.1, 0.15) is 11.3 Å². The Morgan fingerprint density at radius 1 is 1.04 bits per heavy atom. The van der Waals surface area contributed by atoms with E-state index < -0.39 is 11.7 Å². The van der Waals surface area contributed by atoms with Gasteiger partial charge in [-0.1, -0.05) is 6.07 Å². The minimum Gasteiger partial charge on any atom is -0.358 e. The first-order chi connectivity index (χ1) is 11.5. The van der Waals surface area contributed by atoms with Crippen molar-refractivity contribution in [1.29, 1.82) is 0 Å². The van der Waals surface area contributed by atoms with Gasteiger partial charge in [0, 0.05) is 17.8 Å². The van der Waals surface area contributed by atoms with Crippen LogP contribution in [0.25, 0.3) is 21.9 Å². The number of halogens is 3. The fraction of sp³-hybridized carbons (Fsp3) is 0.0588. The van der Waals surface area contributed by atoms with Gasteiger partial charge in [-0.2, -0.15) is 13.2 Å². The lowest BCUT2D eigenvalue weighted by Crippen LogP contribution is -2.04. The Morgan fingerprint density at radius 2 is 1.88 bits per heavy atom. The SMILES string of the molecule is FC(F)(F)c1ccc2ccc(Nc3c[nH]c4cccnc34)nc2c1. The van der Waals surface area contributed by atoms with Crippen molar-refractivity contribution in [1.82, 2.24) is 15.0 Å². The summed E-state index contributed by atoms with van der Waals surface area (Å²) in [7, 11) is 0. The van der Waals surface area contributed by atoms with E-state index in [0.29, 0.717) is 16.9 Å². The van der Waals surface area contributed by atoms with Crippen LogP contribution in [0.4, 0.5) is 24.7 Å². The van der Waals surface area contributed by atoms with Crippen molar-refractivity contribution >= 4 is 33.4 Å². The molecule has 0 atom stereocenters. The van der Waals surface area contributed by atoms with Gasteiger partial charge in [-0.25, -0.2) is 4.98 Å². The molecule has 4 rings (SSSR count). The van der Waals surface area contributed by atoms with Crippen molar-refractivity contribution in [2.75, 3.05) is 5.32 Å². The molecule has 0 aliphatic carbocycles. The highest BCUT2D eigenvalue weighted by Crippen LogP contribution is 2.31. The van der Waals surface area contributed by atoms with E-state index in [1.807, 2.05) is 12.1 Å². The van der Waals surface area contributed by atoms with Crippen molar-refractivity contribution in [3.63, 3.8) is 0 Å². The smallest absolute Gasteiger partial charge is 0.358 e. The lowest BCUT2D eigenvalue weighted by molar-refractivity contribution is -0.137. The number of H-pyrrole nitrogens is 1. The topological polar surface area (TPSA) is 53.6 Å². The summed E-state index contributed by atoms with van der Waals surface area (Å²) in [6, 6.07) is 10.7. The molecule has 1 aromatic carbocycles. The van der Waals surface area contributed by atoms with E-state index in [0.717, 1.165) is 23.2 Å². The maximum absolute atomic E-state index is 12.8. The Bertz CT molecular complexity index is 1040. The van der Waals surface area contributed by atoms with Crippen LogP contribution in [0.5, 0.6) is 0 Å². The maximum atomic E-state index is 12.8. The van der Waals surface area contributed by atoms with Gasteiger partial charge in [0.05, 0.1) is 22.3 Å². The number of alkyl halides is 3. The molecule has 0 fully saturated rings. The molecule has 0 aliphatic heterocycles. The van der Waals surface area contributed by atoms with Gasteiger partial charge in [-0.15, -0.1) is 0 Å². The van der Waals surface area contributed by atoms with Crippen LogP contribution in [0.1, 0.15) is 5.56 Å². The molecule has 7 heteroatoms. The van der Waals surface area contributed by atoms with E-state index >= 15 is 0 Å². The summed E-state index contributed by atoms with van der Waals surface area (Å²) in [4.78, 5) is 11.6. The van der Waals surface area contributed by atoms with Crippen LogP contribution in [-0.2, 0) is 6.18 Å².